The minimum atomic E-state index is 0.189. The van der Waals surface area contributed by atoms with Crippen molar-refractivity contribution in [2.24, 2.45) is 0 Å². The van der Waals surface area contributed by atoms with Crippen molar-refractivity contribution in [3.8, 4) is 11.4 Å². The molecule has 102 valence electrons. The summed E-state index contributed by atoms with van der Waals surface area (Å²) >= 11 is 0. The van der Waals surface area contributed by atoms with Gasteiger partial charge >= 0.3 is 0 Å². The van der Waals surface area contributed by atoms with Crippen molar-refractivity contribution in [3.05, 3.63) is 41.2 Å². The van der Waals surface area contributed by atoms with Crippen LogP contribution in [0.3, 0.4) is 0 Å². The molecule has 2 rings (SSSR count). The molecule has 1 aromatic heterocycles. The molecule has 0 atom stereocenters. The zero-order valence-corrected chi connectivity index (χ0v) is 12.5. The highest BCUT2D eigenvalue weighted by atomic mass is 15.0. The Kier molecular flexibility index (Phi) is 3.76. The molecule has 0 radical (unpaired) electrons. The lowest BCUT2D eigenvalue weighted by Gasteiger charge is -2.18. The van der Waals surface area contributed by atoms with Crippen LogP contribution in [-0.2, 0) is 12.0 Å². The normalized spacial score (nSPS) is 11.8. The van der Waals surface area contributed by atoms with Crippen LogP contribution < -0.4 is 5.32 Å². The Bertz CT molecular complexity index is 544. The SMILES string of the molecule is CNCc1nc(-c2ccc(C(C)(C)C)cc2)[nH]c1C. The molecule has 0 amide bonds. The summed E-state index contributed by atoms with van der Waals surface area (Å²) in [5.41, 5.74) is 4.88. The molecule has 0 unspecified atom stereocenters. The molecule has 3 nitrogen and oxygen atoms in total. The topological polar surface area (TPSA) is 40.7 Å². The number of hydrogen-bond acceptors (Lipinski definition) is 2. The first-order chi connectivity index (χ1) is 8.91. The highest BCUT2D eigenvalue weighted by Gasteiger charge is 2.14. The van der Waals surface area contributed by atoms with E-state index in [1.54, 1.807) is 0 Å². The number of rotatable bonds is 3. The number of H-pyrrole nitrogens is 1. The number of aryl methyl sites for hydroxylation is 1. The summed E-state index contributed by atoms with van der Waals surface area (Å²) in [7, 11) is 1.94. The lowest BCUT2D eigenvalue weighted by atomic mass is 9.87. The van der Waals surface area contributed by atoms with Gasteiger partial charge in [0.1, 0.15) is 5.82 Å². The fourth-order valence-corrected chi connectivity index (χ4v) is 2.10. The molecular weight excluding hydrogens is 234 g/mol. The van der Waals surface area contributed by atoms with Crippen LogP contribution in [0, 0.1) is 6.92 Å². The molecular formula is C16H23N3. The maximum atomic E-state index is 4.64. The summed E-state index contributed by atoms with van der Waals surface area (Å²) in [5, 5.41) is 3.14. The Balaban J connectivity index is 2.30. The molecule has 0 bridgehead atoms. The number of aromatic nitrogens is 2. The molecule has 0 fully saturated rings. The van der Waals surface area contributed by atoms with Crippen LogP contribution >= 0.6 is 0 Å². The van der Waals surface area contributed by atoms with Gasteiger partial charge < -0.3 is 10.3 Å². The summed E-state index contributed by atoms with van der Waals surface area (Å²) in [5.74, 6) is 0.947. The standard InChI is InChI=1S/C16H23N3/c1-11-14(10-17-5)19-15(18-11)12-6-8-13(9-7-12)16(2,3)4/h6-9,17H,10H2,1-5H3,(H,18,19). The molecule has 1 aromatic carbocycles. The van der Waals surface area contributed by atoms with Crippen molar-refractivity contribution >= 4 is 0 Å². The zero-order chi connectivity index (χ0) is 14.0. The van der Waals surface area contributed by atoms with Gasteiger partial charge in [-0.2, -0.15) is 0 Å². The van der Waals surface area contributed by atoms with Gasteiger partial charge in [-0.15, -0.1) is 0 Å². The summed E-state index contributed by atoms with van der Waals surface area (Å²) in [6.07, 6.45) is 0. The minimum absolute atomic E-state index is 0.189. The van der Waals surface area contributed by atoms with E-state index in [1.165, 1.54) is 5.56 Å². The van der Waals surface area contributed by atoms with E-state index in [0.29, 0.717) is 0 Å². The van der Waals surface area contributed by atoms with E-state index >= 15 is 0 Å². The second-order valence-electron chi connectivity index (χ2n) is 6.01. The van der Waals surface area contributed by atoms with Gasteiger partial charge in [-0.1, -0.05) is 45.0 Å². The maximum Gasteiger partial charge on any atom is 0.137 e. The first-order valence-corrected chi connectivity index (χ1v) is 6.73. The Hall–Kier alpha value is -1.61. The Morgan fingerprint density at radius 1 is 1.16 bits per heavy atom. The van der Waals surface area contributed by atoms with E-state index in [-0.39, 0.29) is 5.41 Å². The fraction of sp³-hybridized carbons (Fsp3) is 0.438. The summed E-state index contributed by atoms with van der Waals surface area (Å²) in [4.78, 5) is 8.00. The molecule has 19 heavy (non-hydrogen) atoms. The van der Waals surface area contributed by atoms with Crippen molar-refractivity contribution < 1.29 is 0 Å². The third-order valence-corrected chi connectivity index (χ3v) is 3.35. The van der Waals surface area contributed by atoms with Crippen LogP contribution in [0.15, 0.2) is 24.3 Å². The first kappa shape index (κ1) is 13.8. The fourth-order valence-electron chi connectivity index (χ4n) is 2.10. The monoisotopic (exact) mass is 257 g/mol. The second kappa shape index (κ2) is 5.17. The van der Waals surface area contributed by atoms with Crippen LogP contribution in [0.2, 0.25) is 0 Å². The van der Waals surface area contributed by atoms with Crippen LogP contribution in [0.5, 0.6) is 0 Å². The summed E-state index contributed by atoms with van der Waals surface area (Å²) in [6.45, 7) is 9.54. The van der Waals surface area contributed by atoms with Crippen molar-refractivity contribution in [2.45, 2.75) is 39.7 Å². The molecule has 0 aliphatic heterocycles. The Morgan fingerprint density at radius 3 is 2.32 bits per heavy atom. The number of aromatic amines is 1. The smallest absolute Gasteiger partial charge is 0.137 e. The van der Waals surface area contributed by atoms with Crippen LogP contribution in [-0.4, -0.2) is 17.0 Å². The highest BCUT2D eigenvalue weighted by molar-refractivity contribution is 5.56. The zero-order valence-electron chi connectivity index (χ0n) is 12.5. The van der Waals surface area contributed by atoms with Gasteiger partial charge in [0.25, 0.3) is 0 Å². The minimum Gasteiger partial charge on any atom is -0.342 e. The highest BCUT2D eigenvalue weighted by Crippen LogP contribution is 2.25. The van der Waals surface area contributed by atoms with E-state index in [1.807, 2.05) is 7.05 Å². The van der Waals surface area contributed by atoms with Crippen LogP contribution in [0.4, 0.5) is 0 Å². The molecule has 1 heterocycles. The number of imidazole rings is 1. The Morgan fingerprint density at radius 2 is 1.79 bits per heavy atom. The molecule has 0 saturated carbocycles. The quantitative estimate of drug-likeness (QED) is 0.884. The third-order valence-electron chi connectivity index (χ3n) is 3.35. The first-order valence-electron chi connectivity index (χ1n) is 6.73. The number of nitrogens with zero attached hydrogens (tertiary/aromatic N) is 1. The summed E-state index contributed by atoms with van der Waals surface area (Å²) in [6, 6.07) is 8.65. The molecule has 3 heteroatoms. The van der Waals surface area contributed by atoms with Gasteiger partial charge in [-0.25, -0.2) is 4.98 Å². The molecule has 2 N–H and O–H groups in total. The average Bonchev–Trinajstić information content (AvgIpc) is 2.71. The third kappa shape index (κ3) is 3.04. The van der Waals surface area contributed by atoms with Gasteiger partial charge in [0.05, 0.1) is 5.69 Å². The number of nitrogens with one attached hydrogen (secondary N) is 2. The van der Waals surface area contributed by atoms with Crippen molar-refractivity contribution in [1.82, 2.24) is 15.3 Å². The lowest BCUT2D eigenvalue weighted by Crippen LogP contribution is -2.10. The van der Waals surface area contributed by atoms with Gasteiger partial charge in [-0.05, 0) is 24.9 Å². The van der Waals surface area contributed by atoms with E-state index in [2.05, 4.69) is 67.2 Å². The van der Waals surface area contributed by atoms with Crippen LogP contribution in [0.1, 0.15) is 37.7 Å². The van der Waals surface area contributed by atoms with E-state index in [9.17, 15) is 0 Å². The molecule has 2 aromatic rings. The van der Waals surface area contributed by atoms with Gasteiger partial charge in [0.2, 0.25) is 0 Å². The number of hydrogen-bond donors (Lipinski definition) is 2. The maximum absolute atomic E-state index is 4.64. The van der Waals surface area contributed by atoms with Gasteiger partial charge in [0, 0.05) is 17.8 Å². The van der Waals surface area contributed by atoms with Gasteiger partial charge in [0.15, 0.2) is 0 Å². The Labute approximate surface area is 115 Å². The van der Waals surface area contributed by atoms with Crippen molar-refractivity contribution in [2.75, 3.05) is 7.05 Å². The average molecular weight is 257 g/mol. The van der Waals surface area contributed by atoms with Crippen molar-refractivity contribution in [3.63, 3.8) is 0 Å². The number of benzene rings is 1. The molecule has 0 saturated heterocycles. The van der Waals surface area contributed by atoms with E-state index in [0.717, 1.165) is 29.3 Å². The van der Waals surface area contributed by atoms with E-state index in [4.69, 9.17) is 0 Å². The lowest BCUT2D eigenvalue weighted by molar-refractivity contribution is 0.590. The molecule has 0 aliphatic carbocycles. The van der Waals surface area contributed by atoms with Crippen LogP contribution in [0.25, 0.3) is 11.4 Å². The second-order valence-corrected chi connectivity index (χ2v) is 6.01. The predicted octanol–water partition coefficient (Wildman–Crippen LogP) is 3.40. The molecule has 0 spiro atoms. The largest absolute Gasteiger partial charge is 0.342 e. The summed E-state index contributed by atoms with van der Waals surface area (Å²) < 4.78 is 0. The van der Waals surface area contributed by atoms with E-state index < -0.39 is 0 Å². The van der Waals surface area contributed by atoms with Crippen molar-refractivity contribution in [1.29, 1.82) is 0 Å². The molecule has 0 aliphatic rings. The predicted molar refractivity (Wildman–Crippen MR) is 80.2 cm³/mol. The van der Waals surface area contributed by atoms with Gasteiger partial charge in [-0.3, -0.25) is 0 Å².